The van der Waals surface area contributed by atoms with E-state index < -0.39 is 0 Å². The van der Waals surface area contributed by atoms with Gasteiger partial charge >= 0.3 is 11.9 Å². The van der Waals surface area contributed by atoms with E-state index in [9.17, 15) is 9.59 Å². The van der Waals surface area contributed by atoms with Crippen molar-refractivity contribution in [3.63, 3.8) is 0 Å². The van der Waals surface area contributed by atoms with Crippen LogP contribution in [0.2, 0.25) is 0 Å². The van der Waals surface area contributed by atoms with Crippen LogP contribution in [0, 0.1) is 11.3 Å². The molecule has 3 atom stereocenters. The van der Waals surface area contributed by atoms with Crippen LogP contribution in [-0.4, -0.2) is 18.0 Å². The van der Waals surface area contributed by atoms with E-state index in [1.54, 1.807) is 6.07 Å². The predicted octanol–water partition coefficient (Wildman–Crippen LogP) is 4.41. The van der Waals surface area contributed by atoms with E-state index in [2.05, 4.69) is 19.9 Å². The molecule has 0 unspecified atom stereocenters. The molecule has 4 nitrogen and oxygen atoms in total. The summed E-state index contributed by atoms with van der Waals surface area (Å²) in [4.78, 5) is 24.8. The minimum absolute atomic E-state index is 0.144. The summed E-state index contributed by atoms with van der Waals surface area (Å²) in [6, 6.07) is 3.64. The van der Waals surface area contributed by atoms with E-state index in [0.29, 0.717) is 22.6 Å². The van der Waals surface area contributed by atoms with Gasteiger partial charge in [0, 0.05) is 28.9 Å². The Morgan fingerprint density at radius 2 is 2.24 bits per heavy atom. The SMILES string of the molecule is CC1=C2C[C@@]3(C)C(=CC[C@H](OC(=O)c4cccs4)[C@@H]3C)C=C2OC1=O. The molecule has 1 aromatic rings. The summed E-state index contributed by atoms with van der Waals surface area (Å²) >= 11 is 1.39. The lowest BCUT2D eigenvalue weighted by molar-refractivity contribution is -0.133. The largest absolute Gasteiger partial charge is 0.458 e. The average molecular weight is 356 g/mol. The molecule has 0 saturated heterocycles. The molecule has 1 aromatic heterocycles. The zero-order chi connectivity index (χ0) is 17.8. The Hall–Kier alpha value is -2.14. The van der Waals surface area contributed by atoms with Crippen LogP contribution in [0.15, 0.2) is 52.1 Å². The van der Waals surface area contributed by atoms with Crippen molar-refractivity contribution < 1.29 is 19.1 Å². The van der Waals surface area contributed by atoms with Gasteiger partial charge in [-0.05, 0) is 36.4 Å². The third kappa shape index (κ3) is 2.49. The fourth-order valence-corrected chi connectivity index (χ4v) is 4.58. The first kappa shape index (κ1) is 16.3. The lowest BCUT2D eigenvalue weighted by atomic mass is 9.60. The summed E-state index contributed by atoms with van der Waals surface area (Å²) in [6.45, 7) is 6.13. The van der Waals surface area contributed by atoms with E-state index >= 15 is 0 Å². The molecule has 0 fully saturated rings. The molecule has 1 aliphatic heterocycles. The van der Waals surface area contributed by atoms with Crippen LogP contribution in [0.4, 0.5) is 0 Å². The highest BCUT2D eigenvalue weighted by molar-refractivity contribution is 7.11. The Morgan fingerprint density at radius 1 is 1.44 bits per heavy atom. The third-order valence-corrected chi connectivity index (χ3v) is 6.71. The van der Waals surface area contributed by atoms with Crippen LogP contribution in [-0.2, 0) is 14.3 Å². The summed E-state index contributed by atoms with van der Waals surface area (Å²) in [7, 11) is 0. The van der Waals surface area contributed by atoms with Crippen molar-refractivity contribution in [1.29, 1.82) is 0 Å². The molecule has 0 amide bonds. The van der Waals surface area contributed by atoms with Crippen molar-refractivity contribution in [1.82, 2.24) is 0 Å². The van der Waals surface area contributed by atoms with Crippen LogP contribution in [0.5, 0.6) is 0 Å². The van der Waals surface area contributed by atoms with Crippen molar-refractivity contribution in [3.8, 4) is 0 Å². The molecule has 0 bridgehead atoms. The quantitative estimate of drug-likeness (QED) is 0.737. The number of allylic oxidation sites excluding steroid dienone is 3. The number of carbonyl (C=O) groups is 2. The van der Waals surface area contributed by atoms with Crippen molar-refractivity contribution in [2.75, 3.05) is 0 Å². The van der Waals surface area contributed by atoms with Gasteiger partial charge in [0.05, 0.1) is 0 Å². The number of carbonyl (C=O) groups excluding carboxylic acids is 2. The highest BCUT2D eigenvalue weighted by atomic mass is 32.1. The van der Waals surface area contributed by atoms with Gasteiger partial charge < -0.3 is 9.47 Å². The number of esters is 2. The van der Waals surface area contributed by atoms with Crippen molar-refractivity contribution in [2.45, 2.75) is 39.7 Å². The third-order valence-electron chi connectivity index (χ3n) is 5.86. The van der Waals surface area contributed by atoms with Gasteiger partial charge in [-0.3, -0.25) is 0 Å². The highest BCUT2D eigenvalue weighted by Crippen LogP contribution is 2.53. The van der Waals surface area contributed by atoms with E-state index in [1.807, 2.05) is 24.4 Å². The minimum atomic E-state index is -0.255. The summed E-state index contributed by atoms with van der Waals surface area (Å²) < 4.78 is 11.2. The molecule has 2 aliphatic carbocycles. The first-order chi connectivity index (χ1) is 11.9. The predicted molar refractivity (Wildman–Crippen MR) is 95.0 cm³/mol. The second-order valence-electron chi connectivity index (χ2n) is 7.20. The number of ether oxygens (including phenoxy) is 2. The fourth-order valence-electron chi connectivity index (χ4n) is 3.97. The minimum Gasteiger partial charge on any atom is -0.458 e. The standard InChI is InChI=1S/C20H20O4S/c1-11-14-10-20(3)12(2)15(23-19(22)17-5-4-8-25-17)7-6-13(20)9-16(14)24-18(11)21/h4-6,8-9,12,15H,7,10H2,1-3H3/t12-,15-,20+/m0/s1. The van der Waals surface area contributed by atoms with Gasteiger partial charge in [0.15, 0.2) is 0 Å². The molecule has 0 radical (unpaired) electrons. The molecule has 3 aliphatic rings. The monoisotopic (exact) mass is 356 g/mol. The number of hydrogen-bond acceptors (Lipinski definition) is 5. The zero-order valence-corrected chi connectivity index (χ0v) is 15.3. The highest BCUT2D eigenvalue weighted by Gasteiger charge is 2.48. The molecule has 4 rings (SSSR count). The molecule has 5 heteroatoms. The van der Waals surface area contributed by atoms with Crippen molar-refractivity contribution in [2.24, 2.45) is 11.3 Å². The maximum absolute atomic E-state index is 12.3. The van der Waals surface area contributed by atoms with Crippen LogP contribution in [0.25, 0.3) is 0 Å². The Bertz CT molecular complexity index is 843. The molecule has 0 saturated carbocycles. The van der Waals surface area contributed by atoms with Gasteiger partial charge in [-0.2, -0.15) is 0 Å². The molecule has 0 spiro atoms. The smallest absolute Gasteiger partial charge is 0.348 e. The van der Waals surface area contributed by atoms with E-state index in [1.165, 1.54) is 16.9 Å². The molecule has 0 N–H and O–H groups in total. The molecule has 25 heavy (non-hydrogen) atoms. The summed E-state index contributed by atoms with van der Waals surface area (Å²) in [5.74, 6) is 0.323. The lowest BCUT2D eigenvalue weighted by Gasteiger charge is -2.46. The lowest BCUT2D eigenvalue weighted by Crippen LogP contribution is -2.42. The molecule has 130 valence electrons. The maximum Gasteiger partial charge on any atom is 0.348 e. The number of thiophene rings is 1. The van der Waals surface area contributed by atoms with Gasteiger partial charge in [-0.25, -0.2) is 9.59 Å². The zero-order valence-electron chi connectivity index (χ0n) is 14.5. The molecular formula is C20H20O4S. The number of fused-ring (bicyclic) bond motifs is 2. The maximum atomic E-state index is 12.3. The van der Waals surface area contributed by atoms with E-state index in [0.717, 1.165) is 12.0 Å². The Morgan fingerprint density at radius 3 is 2.96 bits per heavy atom. The van der Waals surface area contributed by atoms with E-state index in [-0.39, 0.29) is 29.4 Å². The Labute approximate surface area is 150 Å². The van der Waals surface area contributed by atoms with Gasteiger partial charge in [-0.1, -0.05) is 26.0 Å². The first-order valence-electron chi connectivity index (χ1n) is 8.49. The second kappa shape index (κ2) is 5.70. The van der Waals surface area contributed by atoms with Crippen LogP contribution >= 0.6 is 11.3 Å². The summed E-state index contributed by atoms with van der Waals surface area (Å²) in [6.07, 6.45) is 5.35. The van der Waals surface area contributed by atoms with Gasteiger partial charge in [0.2, 0.25) is 0 Å². The normalized spacial score (nSPS) is 30.9. The van der Waals surface area contributed by atoms with Crippen LogP contribution in [0.3, 0.4) is 0 Å². The Balaban J connectivity index is 1.63. The molecule has 0 aromatic carbocycles. The van der Waals surface area contributed by atoms with E-state index in [4.69, 9.17) is 9.47 Å². The summed E-state index contributed by atoms with van der Waals surface area (Å²) in [5.41, 5.74) is 2.68. The van der Waals surface area contributed by atoms with Gasteiger partial charge in [-0.15, -0.1) is 11.3 Å². The van der Waals surface area contributed by atoms with Crippen LogP contribution < -0.4 is 0 Å². The van der Waals surface area contributed by atoms with Crippen LogP contribution in [0.1, 0.15) is 43.3 Å². The summed E-state index contributed by atoms with van der Waals surface area (Å²) in [5, 5.41) is 1.88. The molecule has 2 heterocycles. The second-order valence-corrected chi connectivity index (χ2v) is 8.15. The average Bonchev–Trinajstić information content (AvgIpc) is 3.20. The van der Waals surface area contributed by atoms with Gasteiger partial charge in [0.1, 0.15) is 16.7 Å². The fraction of sp³-hybridized carbons (Fsp3) is 0.400. The van der Waals surface area contributed by atoms with Crippen molar-refractivity contribution >= 4 is 23.3 Å². The Kier molecular flexibility index (Phi) is 3.72. The van der Waals surface area contributed by atoms with Crippen molar-refractivity contribution in [3.05, 3.63) is 57.0 Å². The number of hydrogen-bond donors (Lipinski definition) is 0. The number of rotatable bonds is 2. The topological polar surface area (TPSA) is 52.6 Å². The molecular weight excluding hydrogens is 336 g/mol. The van der Waals surface area contributed by atoms with Gasteiger partial charge in [0.25, 0.3) is 0 Å². The first-order valence-corrected chi connectivity index (χ1v) is 9.37.